The summed E-state index contributed by atoms with van der Waals surface area (Å²) in [7, 11) is 0. The van der Waals surface area contributed by atoms with E-state index in [0.29, 0.717) is 43.4 Å². The zero-order valence-corrected chi connectivity index (χ0v) is 17.5. The van der Waals surface area contributed by atoms with Crippen LogP contribution >= 0.6 is 0 Å². The molecule has 0 aliphatic carbocycles. The molecular weight excluding hydrogens is 413 g/mol. The molecule has 1 atom stereocenters. The topological polar surface area (TPSA) is 91.7 Å². The summed E-state index contributed by atoms with van der Waals surface area (Å²) in [6.07, 6.45) is 4.09. The van der Waals surface area contributed by atoms with Crippen molar-refractivity contribution in [2.24, 2.45) is 0 Å². The lowest BCUT2D eigenvalue weighted by atomic mass is 9.99. The Balaban J connectivity index is 1.31. The smallest absolute Gasteiger partial charge is 0.410 e. The zero-order valence-electron chi connectivity index (χ0n) is 17.5. The molecule has 0 saturated carbocycles. The predicted octanol–water partition coefficient (Wildman–Crippen LogP) is 2.59. The van der Waals surface area contributed by atoms with Gasteiger partial charge in [-0.3, -0.25) is 4.98 Å². The first-order valence-corrected chi connectivity index (χ1v) is 10.4. The number of pyridine rings is 1. The molecule has 32 heavy (non-hydrogen) atoms. The molecule has 1 N–H and O–H groups in total. The molecule has 0 bridgehead atoms. The van der Waals surface area contributed by atoms with Gasteiger partial charge in [0.05, 0.1) is 24.4 Å². The number of hydrogen-bond donors (Lipinski definition) is 1. The standard InChI is InChI=1S/C23H24FN5O3/c24-19-6-7-21(25-14-19)20(15-30)18-12-26-22(27-13-18)28-8-10-29(11-9-28)23(31)32-16-17-4-2-1-3-5-17/h1-7,12-14,20,30H,8-11,15-16H2. The summed E-state index contributed by atoms with van der Waals surface area (Å²) < 4.78 is 18.5. The summed E-state index contributed by atoms with van der Waals surface area (Å²) in [6.45, 7) is 2.25. The number of amides is 1. The number of aliphatic hydroxyl groups excluding tert-OH is 1. The van der Waals surface area contributed by atoms with Crippen LogP contribution in [0, 0.1) is 5.82 Å². The van der Waals surface area contributed by atoms with E-state index in [9.17, 15) is 14.3 Å². The fourth-order valence-electron chi connectivity index (χ4n) is 3.54. The van der Waals surface area contributed by atoms with Crippen LogP contribution in [0.4, 0.5) is 15.1 Å². The molecule has 1 unspecified atom stereocenters. The third kappa shape index (κ3) is 5.17. The van der Waals surface area contributed by atoms with Crippen molar-refractivity contribution in [2.75, 3.05) is 37.7 Å². The Morgan fingerprint density at radius 3 is 2.34 bits per heavy atom. The van der Waals surface area contributed by atoms with E-state index < -0.39 is 11.7 Å². The number of nitrogens with zero attached hydrogens (tertiary/aromatic N) is 5. The van der Waals surface area contributed by atoms with Crippen molar-refractivity contribution in [3.63, 3.8) is 0 Å². The molecule has 1 aliphatic heterocycles. The molecule has 2 aromatic heterocycles. The van der Waals surface area contributed by atoms with E-state index in [1.165, 1.54) is 6.07 Å². The van der Waals surface area contributed by atoms with E-state index in [1.54, 1.807) is 23.4 Å². The average molecular weight is 437 g/mol. The minimum Gasteiger partial charge on any atom is -0.445 e. The van der Waals surface area contributed by atoms with Gasteiger partial charge in [-0.25, -0.2) is 19.2 Å². The lowest BCUT2D eigenvalue weighted by Gasteiger charge is -2.34. The molecule has 8 nitrogen and oxygen atoms in total. The SMILES string of the molecule is O=C(OCc1ccccc1)N1CCN(c2ncc(C(CO)c3ccc(F)cn3)cn2)CC1. The number of ether oxygens (including phenoxy) is 1. The molecule has 1 aromatic carbocycles. The van der Waals surface area contributed by atoms with Gasteiger partial charge in [0.25, 0.3) is 0 Å². The Labute approximate surface area is 185 Å². The van der Waals surface area contributed by atoms with Gasteiger partial charge in [-0.2, -0.15) is 0 Å². The largest absolute Gasteiger partial charge is 0.445 e. The molecule has 9 heteroatoms. The highest BCUT2D eigenvalue weighted by atomic mass is 19.1. The number of aromatic nitrogens is 3. The molecule has 1 fully saturated rings. The van der Waals surface area contributed by atoms with Crippen LogP contribution in [0.1, 0.15) is 22.7 Å². The third-order valence-electron chi connectivity index (χ3n) is 5.38. The third-order valence-corrected chi connectivity index (χ3v) is 5.38. The van der Waals surface area contributed by atoms with Gasteiger partial charge in [0.15, 0.2) is 0 Å². The molecular formula is C23H24FN5O3. The second kappa shape index (κ2) is 10.1. The van der Waals surface area contributed by atoms with Crippen molar-refractivity contribution in [3.05, 3.63) is 83.7 Å². The van der Waals surface area contributed by atoms with Gasteiger partial charge in [-0.05, 0) is 17.7 Å². The molecule has 1 aliphatic rings. The van der Waals surface area contributed by atoms with Crippen molar-refractivity contribution < 1.29 is 19.0 Å². The molecule has 0 spiro atoms. The number of anilines is 1. The summed E-state index contributed by atoms with van der Waals surface area (Å²) in [5.74, 6) is -0.309. The van der Waals surface area contributed by atoms with Crippen LogP contribution < -0.4 is 4.90 Å². The van der Waals surface area contributed by atoms with Gasteiger partial charge in [-0.15, -0.1) is 0 Å². The summed E-state index contributed by atoms with van der Waals surface area (Å²) in [4.78, 5) is 28.9. The lowest BCUT2D eigenvalue weighted by molar-refractivity contribution is 0.0941. The first-order chi connectivity index (χ1) is 15.6. The van der Waals surface area contributed by atoms with Crippen LogP contribution in [0.2, 0.25) is 0 Å². The van der Waals surface area contributed by atoms with Gasteiger partial charge in [-0.1, -0.05) is 30.3 Å². The van der Waals surface area contributed by atoms with E-state index in [4.69, 9.17) is 4.74 Å². The van der Waals surface area contributed by atoms with Gasteiger partial charge in [0, 0.05) is 44.1 Å². The van der Waals surface area contributed by atoms with E-state index >= 15 is 0 Å². The number of halogens is 1. The Bertz CT molecular complexity index is 1010. The Morgan fingerprint density at radius 1 is 1.00 bits per heavy atom. The Kier molecular flexibility index (Phi) is 6.86. The predicted molar refractivity (Wildman–Crippen MR) is 116 cm³/mol. The Hall–Kier alpha value is -3.59. The number of hydrogen-bond acceptors (Lipinski definition) is 7. The minimum absolute atomic E-state index is 0.189. The number of rotatable bonds is 6. The van der Waals surface area contributed by atoms with E-state index in [1.807, 2.05) is 35.2 Å². The van der Waals surface area contributed by atoms with Crippen molar-refractivity contribution in [1.29, 1.82) is 0 Å². The van der Waals surface area contributed by atoms with Crippen molar-refractivity contribution in [1.82, 2.24) is 19.9 Å². The number of benzene rings is 1. The Morgan fingerprint density at radius 2 is 1.72 bits per heavy atom. The van der Waals surface area contributed by atoms with Crippen molar-refractivity contribution in [2.45, 2.75) is 12.5 Å². The monoisotopic (exact) mass is 437 g/mol. The van der Waals surface area contributed by atoms with E-state index in [-0.39, 0.29) is 19.3 Å². The van der Waals surface area contributed by atoms with Crippen LogP contribution in [0.25, 0.3) is 0 Å². The molecule has 1 saturated heterocycles. The average Bonchev–Trinajstić information content (AvgIpc) is 2.85. The van der Waals surface area contributed by atoms with Gasteiger partial charge < -0.3 is 19.6 Å². The summed E-state index contributed by atoms with van der Waals surface area (Å²) in [5, 5.41) is 9.77. The summed E-state index contributed by atoms with van der Waals surface area (Å²) >= 11 is 0. The maximum atomic E-state index is 13.1. The zero-order chi connectivity index (χ0) is 22.3. The van der Waals surface area contributed by atoms with Crippen molar-refractivity contribution >= 4 is 12.0 Å². The molecule has 1 amide bonds. The van der Waals surface area contributed by atoms with Crippen LogP contribution in [-0.2, 0) is 11.3 Å². The normalized spacial score (nSPS) is 14.8. The first kappa shape index (κ1) is 21.6. The highest BCUT2D eigenvalue weighted by Crippen LogP contribution is 2.23. The van der Waals surface area contributed by atoms with Crippen LogP contribution in [0.15, 0.2) is 61.1 Å². The van der Waals surface area contributed by atoms with Gasteiger partial charge in [0.2, 0.25) is 5.95 Å². The fourth-order valence-corrected chi connectivity index (χ4v) is 3.54. The lowest BCUT2D eigenvalue weighted by Crippen LogP contribution is -2.49. The molecule has 166 valence electrons. The molecule has 4 rings (SSSR count). The molecule has 3 aromatic rings. The van der Waals surface area contributed by atoms with E-state index in [0.717, 1.165) is 11.8 Å². The van der Waals surface area contributed by atoms with Crippen LogP contribution in [0.3, 0.4) is 0 Å². The molecule has 0 radical (unpaired) electrons. The highest BCUT2D eigenvalue weighted by Gasteiger charge is 2.24. The quantitative estimate of drug-likeness (QED) is 0.634. The second-order valence-electron chi connectivity index (χ2n) is 7.47. The minimum atomic E-state index is -0.430. The first-order valence-electron chi connectivity index (χ1n) is 10.4. The van der Waals surface area contributed by atoms with Crippen molar-refractivity contribution in [3.8, 4) is 0 Å². The second-order valence-corrected chi connectivity index (χ2v) is 7.47. The highest BCUT2D eigenvalue weighted by molar-refractivity contribution is 5.68. The fraction of sp³-hybridized carbons (Fsp3) is 0.304. The van der Waals surface area contributed by atoms with Gasteiger partial charge >= 0.3 is 6.09 Å². The maximum Gasteiger partial charge on any atom is 0.410 e. The number of aliphatic hydroxyl groups is 1. The number of piperazine rings is 1. The summed E-state index contributed by atoms with van der Waals surface area (Å²) in [5.41, 5.74) is 2.19. The number of carbonyl (C=O) groups is 1. The van der Waals surface area contributed by atoms with Crippen LogP contribution in [-0.4, -0.2) is 63.8 Å². The maximum absolute atomic E-state index is 13.1. The van der Waals surface area contributed by atoms with Gasteiger partial charge in [0.1, 0.15) is 12.4 Å². The molecule has 3 heterocycles. The number of carbonyl (C=O) groups excluding carboxylic acids is 1. The summed E-state index contributed by atoms with van der Waals surface area (Å²) in [6, 6.07) is 12.4. The van der Waals surface area contributed by atoms with E-state index in [2.05, 4.69) is 15.0 Å². The van der Waals surface area contributed by atoms with Crippen LogP contribution in [0.5, 0.6) is 0 Å².